The fourth-order valence-electron chi connectivity index (χ4n) is 2.77. The van der Waals surface area contributed by atoms with Crippen molar-refractivity contribution in [1.29, 1.82) is 5.26 Å². The SMILES string of the molecule is Cc1ccc(-c2nc(CSc3nc(C)cc(C(F)(F)F)c3C#N)co2)c(C)c1. The molecule has 0 atom stereocenters. The summed E-state index contributed by atoms with van der Waals surface area (Å²) >= 11 is 1.03. The highest BCUT2D eigenvalue weighted by Crippen LogP contribution is 2.36. The van der Waals surface area contributed by atoms with E-state index in [4.69, 9.17) is 4.42 Å². The summed E-state index contributed by atoms with van der Waals surface area (Å²) in [4.78, 5) is 8.52. The van der Waals surface area contributed by atoms with Gasteiger partial charge in [-0.1, -0.05) is 29.5 Å². The van der Waals surface area contributed by atoms with E-state index < -0.39 is 17.3 Å². The van der Waals surface area contributed by atoms with Gasteiger partial charge < -0.3 is 4.42 Å². The minimum Gasteiger partial charge on any atom is -0.444 e. The van der Waals surface area contributed by atoms with E-state index in [0.717, 1.165) is 34.5 Å². The number of rotatable bonds is 4. The maximum absolute atomic E-state index is 13.2. The van der Waals surface area contributed by atoms with Crippen LogP contribution in [0.1, 0.15) is 33.6 Å². The Bertz CT molecular complexity index is 1070. The van der Waals surface area contributed by atoms with Crippen LogP contribution in [0.15, 0.2) is 40.0 Å². The van der Waals surface area contributed by atoms with Gasteiger partial charge >= 0.3 is 6.18 Å². The zero-order valence-corrected chi connectivity index (χ0v) is 16.2. The van der Waals surface area contributed by atoms with Crippen LogP contribution in [0.4, 0.5) is 13.2 Å². The van der Waals surface area contributed by atoms with E-state index in [-0.39, 0.29) is 16.5 Å². The molecule has 4 nitrogen and oxygen atoms in total. The molecule has 2 aromatic heterocycles. The highest BCUT2D eigenvalue weighted by Gasteiger charge is 2.35. The van der Waals surface area contributed by atoms with Gasteiger partial charge in [0.1, 0.15) is 17.4 Å². The average molecular weight is 403 g/mol. The summed E-state index contributed by atoms with van der Waals surface area (Å²) in [6.07, 6.45) is -3.15. The van der Waals surface area contributed by atoms with Crippen molar-refractivity contribution < 1.29 is 17.6 Å². The van der Waals surface area contributed by atoms with Crippen molar-refractivity contribution in [3.05, 3.63) is 64.2 Å². The molecule has 0 spiro atoms. The van der Waals surface area contributed by atoms with Gasteiger partial charge in [0.05, 0.1) is 16.8 Å². The summed E-state index contributed by atoms with van der Waals surface area (Å²) in [6.45, 7) is 5.41. The number of thioether (sulfide) groups is 1. The lowest BCUT2D eigenvalue weighted by atomic mass is 10.1. The standard InChI is InChI=1S/C20H16F3N3OS/c1-11-4-5-15(12(2)6-11)18-26-14(9-27-18)10-28-19-16(8-24)17(20(21,22)23)7-13(3)25-19/h4-7,9H,10H2,1-3H3. The van der Waals surface area contributed by atoms with Crippen molar-refractivity contribution in [2.75, 3.05) is 0 Å². The van der Waals surface area contributed by atoms with E-state index in [1.165, 1.54) is 13.2 Å². The summed E-state index contributed by atoms with van der Waals surface area (Å²) in [6, 6.07) is 8.40. The van der Waals surface area contributed by atoms with Gasteiger partial charge in [-0.15, -0.1) is 0 Å². The Balaban J connectivity index is 1.85. The van der Waals surface area contributed by atoms with Gasteiger partial charge in [0.25, 0.3) is 0 Å². The van der Waals surface area contributed by atoms with E-state index in [1.807, 2.05) is 32.0 Å². The van der Waals surface area contributed by atoms with E-state index in [9.17, 15) is 18.4 Å². The molecule has 0 bridgehead atoms. The smallest absolute Gasteiger partial charge is 0.417 e. The molecule has 0 aliphatic rings. The lowest BCUT2D eigenvalue weighted by Crippen LogP contribution is -2.10. The molecule has 28 heavy (non-hydrogen) atoms. The lowest BCUT2D eigenvalue weighted by Gasteiger charge is -2.12. The largest absolute Gasteiger partial charge is 0.444 e. The quantitative estimate of drug-likeness (QED) is 0.512. The second-order valence-corrected chi connectivity index (χ2v) is 7.32. The minimum atomic E-state index is -4.61. The Morgan fingerprint density at radius 3 is 2.54 bits per heavy atom. The van der Waals surface area contributed by atoms with Crippen molar-refractivity contribution in [3.63, 3.8) is 0 Å². The van der Waals surface area contributed by atoms with Crippen molar-refractivity contribution in [2.45, 2.75) is 37.7 Å². The molecule has 0 saturated heterocycles. The number of aromatic nitrogens is 2. The first kappa shape index (κ1) is 20.0. The van der Waals surface area contributed by atoms with Crippen molar-refractivity contribution in [1.82, 2.24) is 9.97 Å². The Kier molecular flexibility index (Phi) is 5.47. The number of halogens is 3. The zero-order chi connectivity index (χ0) is 20.5. The molecule has 0 N–H and O–H groups in total. The predicted octanol–water partition coefficient (Wildman–Crippen LogP) is 5.84. The predicted molar refractivity (Wildman–Crippen MR) is 99.7 cm³/mol. The first-order valence-corrected chi connectivity index (χ1v) is 9.31. The summed E-state index contributed by atoms with van der Waals surface area (Å²) in [5.41, 5.74) is 2.31. The third-order valence-electron chi connectivity index (χ3n) is 4.05. The molecule has 3 rings (SSSR count). The zero-order valence-electron chi connectivity index (χ0n) is 15.4. The van der Waals surface area contributed by atoms with Crippen LogP contribution < -0.4 is 0 Å². The summed E-state index contributed by atoms with van der Waals surface area (Å²) < 4.78 is 45.1. The van der Waals surface area contributed by atoms with Crippen molar-refractivity contribution in [2.24, 2.45) is 0 Å². The number of hydrogen-bond acceptors (Lipinski definition) is 5. The van der Waals surface area contributed by atoms with E-state index in [1.54, 1.807) is 6.07 Å². The fraction of sp³-hybridized carbons (Fsp3) is 0.250. The number of hydrogen-bond donors (Lipinski definition) is 0. The molecule has 0 saturated carbocycles. The molecule has 0 aliphatic heterocycles. The molecular formula is C20H16F3N3OS. The molecule has 0 fully saturated rings. The van der Waals surface area contributed by atoms with Crippen LogP contribution in [0.3, 0.4) is 0 Å². The minimum absolute atomic E-state index is 0.0332. The van der Waals surface area contributed by atoms with Crippen LogP contribution in [-0.2, 0) is 11.9 Å². The molecular weight excluding hydrogens is 387 g/mol. The summed E-state index contributed by atoms with van der Waals surface area (Å²) in [5.74, 6) is 0.679. The second kappa shape index (κ2) is 7.68. The maximum Gasteiger partial charge on any atom is 0.417 e. The molecule has 144 valence electrons. The molecule has 3 aromatic rings. The maximum atomic E-state index is 13.2. The number of alkyl halides is 3. The number of pyridine rings is 1. The fourth-order valence-corrected chi connectivity index (χ4v) is 3.70. The van der Waals surface area contributed by atoms with Gasteiger partial charge in [0.2, 0.25) is 5.89 Å². The Labute approximate surface area is 164 Å². The Morgan fingerprint density at radius 1 is 1.14 bits per heavy atom. The van der Waals surface area contributed by atoms with E-state index in [0.29, 0.717) is 11.6 Å². The van der Waals surface area contributed by atoms with Crippen molar-refractivity contribution >= 4 is 11.8 Å². The van der Waals surface area contributed by atoms with Crippen LogP contribution in [-0.4, -0.2) is 9.97 Å². The van der Waals surface area contributed by atoms with Crippen molar-refractivity contribution in [3.8, 4) is 17.5 Å². The highest BCUT2D eigenvalue weighted by molar-refractivity contribution is 7.98. The number of oxazole rings is 1. The van der Waals surface area contributed by atoms with Gasteiger partial charge in [0.15, 0.2) is 0 Å². The van der Waals surface area contributed by atoms with Gasteiger partial charge in [-0.05, 0) is 38.5 Å². The Morgan fingerprint density at radius 2 is 1.89 bits per heavy atom. The lowest BCUT2D eigenvalue weighted by molar-refractivity contribution is -0.138. The second-order valence-electron chi connectivity index (χ2n) is 6.35. The molecule has 0 unspecified atom stereocenters. The average Bonchev–Trinajstić information content (AvgIpc) is 3.07. The highest BCUT2D eigenvalue weighted by atomic mass is 32.2. The van der Waals surface area contributed by atoms with Crippen LogP contribution in [0.2, 0.25) is 0 Å². The molecule has 8 heteroatoms. The molecule has 0 aliphatic carbocycles. The summed E-state index contributed by atoms with van der Waals surface area (Å²) in [7, 11) is 0. The van der Waals surface area contributed by atoms with Crippen LogP contribution >= 0.6 is 11.8 Å². The van der Waals surface area contributed by atoms with Crippen LogP contribution in [0.25, 0.3) is 11.5 Å². The number of nitrogens with zero attached hydrogens (tertiary/aromatic N) is 3. The number of benzene rings is 1. The number of aryl methyl sites for hydroxylation is 3. The Hall–Kier alpha value is -2.79. The first-order chi connectivity index (χ1) is 13.2. The van der Waals surface area contributed by atoms with Gasteiger partial charge in [-0.25, -0.2) is 9.97 Å². The molecule has 2 heterocycles. The third-order valence-corrected chi connectivity index (χ3v) is 5.06. The number of nitriles is 1. The summed E-state index contributed by atoms with van der Waals surface area (Å²) in [5, 5.41) is 9.25. The molecule has 0 amide bonds. The first-order valence-electron chi connectivity index (χ1n) is 8.33. The molecule has 0 radical (unpaired) electrons. The van der Waals surface area contributed by atoms with E-state index in [2.05, 4.69) is 9.97 Å². The monoisotopic (exact) mass is 403 g/mol. The molecule has 1 aromatic carbocycles. The van der Waals surface area contributed by atoms with Crippen LogP contribution in [0.5, 0.6) is 0 Å². The van der Waals surface area contributed by atoms with Gasteiger partial charge in [0, 0.05) is 17.0 Å². The van der Waals surface area contributed by atoms with E-state index >= 15 is 0 Å². The third kappa shape index (κ3) is 4.20. The van der Waals surface area contributed by atoms with Gasteiger partial charge in [-0.3, -0.25) is 0 Å². The topological polar surface area (TPSA) is 62.7 Å². The van der Waals surface area contributed by atoms with Crippen LogP contribution in [0, 0.1) is 32.1 Å². The normalized spacial score (nSPS) is 11.5. The van der Waals surface area contributed by atoms with Gasteiger partial charge in [-0.2, -0.15) is 18.4 Å².